The zero-order chi connectivity index (χ0) is 13.0. The summed E-state index contributed by atoms with van der Waals surface area (Å²) in [4.78, 5) is 16.2. The van der Waals surface area contributed by atoms with Crippen molar-refractivity contribution in [2.45, 2.75) is 30.4 Å². The molecule has 1 amide bonds. The Morgan fingerprint density at radius 3 is 2.83 bits per heavy atom. The van der Waals surface area contributed by atoms with Crippen molar-refractivity contribution >= 4 is 33.6 Å². The number of nitrogens with one attached hydrogen (secondary N) is 1. The minimum atomic E-state index is -0.0865. The van der Waals surface area contributed by atoms with Gasteiger partial charge in [-0.15, -0.1) is 0 Å². The number of pyridine rings is 1. The normalized spacial score (nSPS) is 17.7. The molecule has 1 fully saturated rings. The number of thioether (sulfide) groups is 1. The molecule has 1 aromatic rings. The van der Waals surface area contributed by atoms with Crippen LogP contribution in [-0.2, 0) is 0 Å². The molecular weight excluding hydrogens is 312 g/mol. The molecule has 0 atom stereocenters. The van der Waals surface area contributed by atoms with Gasteiger partial charge in [0, 0.05) is 11.3 Å². The summed E-state index contributed by atoms with van der Waals surface area (Å²) >= 11 is 5.15. The topological polar surface area (TPSA) is 42.0 Å². The van der Waals surface area contributed by atoms with Crippen molar-refractivity contribution in [1.82, 2.24) is 10.3 Å². The molecule has 0 radical (unpaired) electrons. The van der Waals surface area contributed by atoms with Crippen LogP contribution in [0.15, 0.2) is 22.8 Å². The molecule has 98 valence electrons. The number of hydrogen-bond donors (Lipinski definition) is 1. The van der Waals surface area contributed by atoms with Gasteiger partial charge in [-0.25, -0.2) is 4.98 Å². The lowest BCUT2D eigenvalue weighted by molar-refractivity contribution is 0.0944. The van der Waals surface area contributed by atoms with Crippen LogP contribution in [0.2, 0.25) is 0 Å². The molecule has 2 rings (SSSR count). The van der Waals surface area contributed by atoms with Crippen molar-refractivity contribution in [3.63, 3.8) is 0 Å². The molecule has 18 heavy (non-hydrogen) atoms. The fraction of sp³-hybridized carbons (Fsp3) is 0.538. The first kappa shape index (κ1) is 13.9. The maximum absolute atomic E-state index is 12.0. The average Bonchev–Trinajstić information content (AvgIpc) is 2.85. The van der Waals surface area contributed by atoms with Crippen molar-refractivity contribution in [3.8, 4) is 0 Å². The first-order valence-corrected chi connectivity index (χ1v) is 8.13. The largest absolute Gasteiger partial charge is 0.349 e. The van der Waals surface area contributed by atoms with Crippen molar-refractivity contribution in [3.05, 3.63) is 28.5 Å². The van der Waals surface area contributed by atoms with Crippen LogP contribution in [0.3, 0.4) is 0 Å². The Kier molecular flexibility index (Phi) is 4.67. The number of aromatic nitrogens is 1. The molecule has 3 nitrogen and oxygen atoms in total. The Balaban J connectivity index is 1.96. The fourth-order valence-electron chi connectivity index (χ4n) is 2.34. The van der Waals surface area contributed by atoms with E-state index in [4.69, 9.17) is 0 Å². The van der Waals surface area contributed by atoms with Gasteiger partial charge in [0.15, 0.2) is 0 Å². The van der Waals surface area contributed by atoms with Gasteiger partial charge in [0.2, 0.25) is 0 Å². The zero-order valence-corrected chi connectivity index (χ0v) is 12.8. The Hall–Kier alpha value is -0.550. The van der Waals surface area contributed by atoms with Crippen molar-refractivity contribution in [1.29, 1.82) is 0 Å². The van der Waals surface area contributed by atoms with E-state index < -0.39 is 0 Å². The van der Waals surface area contributed by atoms with Gasteiger partial charge in [0.25, 0.3) is 5.91 Å². The van der Waals surface area contributed by atoms with Crippen LogP contribution in [0.25, 0.3) is 0 Å². The summed E-state index contributed by atoms with van der Waals surface area (Å²) in [5, 5.41) is 3.02. The second kappa shape index (κ2) is 6.06. The second-order valence-corrected chi connectivity index (χ2v) is 6.71. The molecule has 1 aliphatic carbocycles. The summed E-state index contributed by atoms with van der Waals surface area (Å²) in [7, 11) is 0. The highest BCUT2D eigenvalue weighted by Crippen LogP contribution is 2.39. The Labute approximate surface area is 120 Å². The van der Waals surface area contributed by atoms with Crippen LogP contribution in [0.1, 0.15) is 36.2 Å². The number of hydrogen-bond acceptors (Lipinski definition) is 3. The first-order chi connectivity index (χ1) is 8.65. The van der Waals surface area contributed by atoms with Gasteiger partial charge >= 0.3 is 0 Å². The Morgan fingerprint density at radius 2 is 2.22 bits per heavy atom. The summed E-state index contributed by atoms with van der Waals surface area (Å²) in [5.74, 6) is -0.0865. The van der Waals surface area contributed by atoms with E-state index in [9.17, 15) is 4.79 Å². The van der Waals surface area contributed by atoms with E-state index in [1.54, 1.807) is 6.07 Å². The molecule has 0 saturated heterocycles. The number of amides is 1. The molecule has 1 aliphatic rings. The molecule has 0 spiro atoms. The van der Waals surface area contributed by atoms with Crippen molar-refractivity contribution in [2.75, 3.05) is 12.8 Å². The maximum atomic E-state index is 12.0. The van der Waals surface area contributed by atoms with Crippen LogP contribution in [0, 0.1) is 0 Å². The number of rotatable bonds is 4. The third-order valence-corrected chi connectivity index (χ3v) is 5.33. The van der Waals surface area contributed by atoms with Crippen LogP contribution in [0.4, 0.5) is 0 Å². The van der Waals surface area contributed by atoms with Crippen LogP contribution in [0.5, 0.6) is 0 Å². The summed E-state index contributed by atoms with van der Waals surface area (Å²) in [5.41, 5.74) is 0.471. The van der Waals surface area contributed by atoms with E-state index in [1.807, 2.05) is 23.9 Å². The smallest absolute Gasteiger partial charge is 0.269 e. The van der Waals surface area contributed by atoms with E-state index in [1.165, 1.54) is 25.7 Å². The summed E-state index contributed by atoms with van der Waals surface area (Å²) < 4.78 is 0.928. The molecule has 5 heteroatoms. The summed E-state index contributed by atoms with van der Waals surface area (Å²) in [6, 6.07) is 5.38. The van der Waals surface area contributed by atoms with Gasteiger partial charge in [0.1, 0.15) is 10.3 Å². The zero-order valence-electron chi connectivity index (χ0n) is 10.4. The lowest BCUT2D eigenvalue weighted by atomic mass is 10.1. The van der Waals surface area contributed by atoms with Crippen LogP contribution in [-0.4, -0.2) is 28.4 Å². The third-order valence-electron chi connectivity index (χ3n) is 3.47. The van der Waals surface area contributed by atoms with Gasteiger partial charge in [-0.2, -0.15) is 11.8 Å². The average molecular weight is 329 g/mol. The fourth-order valence-corrected chi connectivity index (χ4v) is 3.60. The maximum Gasteiger partial charge on any atom is 0.269 e. The van der Waals surface area contributed by atoms with E-state index in [-0.39, 0.29) is 10.7 Å². The molecule has 1 aromatic heterocycles. The second-order valence-electron chi connectivity index (χ2n) is 4.62. The molecule has 1 heterocycles. The molecule has 0 aliphatic heterocycles. The highest BCUT2D eigenvalue weighted by atomic mass is 79.9. The Bertz CT molecular complexity index is 433. The highest BCUT2D eigenvalue weighted by molar-refractivity contribution is 9.10. The minimum Gasteiger partial charge on any atom is -0.349 e. The lowest BCUT2D eigenvalue weighted by Gasteiger charge is -2.26. The quantitative estimate of drug-likeness (QED) is 0.862. The number of carbonyl (C=O) groups excluding carboxylic acids is 1. The minimum absolute atomic E-state index is 0.0865. The lowest BCUT2D eigenvalue weighted by Crippen LogP contribution is -2.38. The molecular formula is C13H17BrN2OS. The highest BCUT2D eigenvalue weighted by Gasteiger charge is 2.33. The number of carbonyl (C=O) groups is 1. The van der Waals surface area contributed by atoms with Gasteiger partial charge in [0.05, 0.1) is 0 Å². The SMILES string of the molecule is CSC1(CNC(=O)c2cccc(Br)n2)CCCC1. The van der Waals surface area contributed by atoms with Crippen molar-refractivity contribution in [2.24, 2.45) is 0 Å². The van der Waals surface area contributed by atoms with Crippen LogP contribution < -0.4 is 5.32 Å². The van der Waals surface area contributed by atoms with E-state index >= 15 is 0 Å². The van der Waals surface area contributed by atoms with Gasteiger partial charge in [-0.1, -0.05) is 18.9 Å². The van der Waals surface area contributed by atoms with E-state index in [0.717, 1.165) is 6.54 Å². The number of halogens is 1. The van der Waals surface area contributed by atoms with Gasteiger partial charge in [-0.3, -0.25) is 4.79 Å². The monoisotopic (exact) mass is 328 g/mol. The first-order valence-electron chi connectivity index (χ1n) is 6.11. The van der Waals surface area contributed by atoms with E-state index in [0.29, 0.717) is 10.3 Å². The predicted molar refractivity (Wildman–Crippen MR) is 79.0 cm³/mol. The molecule has 1 saturated carbocycles. The summed E-state index contributed by atoms with van der Waals surface area (Å²) in [6.07, 6.45) is 7.06. The molecule has 0 bridgehead atoms. The van der Waals surface area contributed by atoms with Gasteiger partial charge < -0.3 is 5.32 Å². The third kappa shape index (κ3) is 3.26. The number of nitrogens with zero attached hydrogens (tertiary/aromatic N) is 1. The van der Waals surface area contributed by atoms with Crippen LogP contribution >= 0.6 is 27.7 Å². The van der Waals surface area contributed by atoms with Crippen molar-refractivity contribution < 1.29 is 4.79 Å². The molecule has 1 N–H and O–H groups in total. The molecule has 0 unspecified atom stereocenters. The molecule has 0 aromatic carbocycles. The predicted octanol–water partition coefficient (Wildman–Crippen LogP) is 3.25. The van der Waals surface area contributed by atoms with E-state index in [2.05, 4.69) is 32.5 Å². The Morgan fingerprint density at radius 1 is 1.50 bits per heavy atom. The van der Waals surface area contributed by atoms with Gasteiger partial charge in [-0.05, 0) is 47.2 Å². The summed E-state index contributed by atoms with van der Waals surface area (Å²) in [6.45, 7) is 0.737. The standard InChI is InChI=1S/C13H17BrN2OS/c1-18-13(7-2-3-8-13)9-15-12(17)10-5-4-6-11(14)16-10/h4-6H,2-3,7-9H2,1H3,(H,15,17).